The number of likely N-dealkylation sites (tertiary alicyclic amines) is 1. The first-order valence-corrected chi connectivity index (χ1v) is 12.4. The average molecular weight is 499 g/mol. The number of fused-ring (bicyclic) bond motifs is 2. The predicted molar refractivity (Wildman–Crippen MR) is 137 cm³/mol. The molecule has 1 saturated heterocycles. The Hall–Kier alpha value is -4.04. The molecule has 1 atom stereocenters. The molecule has 5 heterocycles. The van der Waals surface area contributed by atoms with Gasteiger partial charge in [0.2, 0.25) is 0 Å². The van der Waals surface area contributed by atoms with E-state index in [1.54, 1.807) is 29.2 Å². The molecule has 0 saturated carbocycles. The van der Waals surface area contributed by atoms with Crippen molar-refractivity contribution in [3.8, 4) is 11.1 Å². The molecule has 0 aliphatic carbocycles. The molecule has 9 heteroatoms. The molecule has 36 heavy (non-hydrogen) atoms. The highest BCUT2D eigenvalue weighted by molar-refractivity contribution is 6.27. The number of ketones is 1. The third kappa shape index (κ3) is 4.03. The number of rotatable bonds is 6. The summed E-state index contributed by atoms with van der Waals surface area (Å²) in [6, 6.07) is 15.3. The minimum Gasteiger partial charge on any atom is -0.343 e. The van der Waals surface area contributed by atoms with Gasteiger partial charge in [-0.1, -0.05) is 12.1 Å². The number of hydrogen-bond acceptors (Lipinski definition) is 5. The number of aromatic nitrogens is 5. The number of carbonyl (C=O) groups is 2. The van der Waals surface area contributed by atoms with E-state index in [-0.39, 0.29) is 29.9 Å². The van der Waals surface area contributed by atoms with Crippen molar-refractivity contribution >= 4 is 39.8 Å². The highest BCUT2D eigenvalue weighted by Gasteiger charge is 2.29. The third-order valence-corrected chi connectivity index (χ3v) is 7.11. The smallest absolute Gasteiger partial charge is 0.253 e. The van der Waals surface area contributed by atoms with Crippen LogP contribution in [0.3, 0.4) is 0 Å². The second-order valence-electron chi connectivity index (χ2n) is 9.08. The fourth-order valence-electron chi connectivity index (χ4n) is 4.96. The lowest BCUT2D eigenvalue weighted by Gasteiger charge is -2.16. The molecule has 0 radical (unpaired) electrons. The first-order valence-electron chi connectivity index (χ1n) is 11.8. The molecule has 0 spiro atoms. The summed E-state index contributed by atoms with van der Waals surface area (Å²) in [5.74, 6) is 0.160. The van der Waals surface area contributed by atoms with Crippen molar-refractivity contribution in [1.82, 2.24) is 29.7 Å². The third-order valence-electron chi connectivity index (χ3n) is 6.81. The molecule has 1 fully saturated rings. The van der Waals surface area contributed by atoms with Crippen LogP contribution in [0, 0.1) is 0 Å². The number of amides is 1. The summed E-state index contributed by atoms with van der Waals surface area (Å²) < 4.78 is 1.62. The number of pyridine rings is 1. The summed E-state index contributed by atoms with van der Waals surface area (Å²) in [7, 11) is 0. The Morgan fingerprint density at radius 3 is 2.75 bits per heavy atom. The number of Topliss-reactive ketones (excluding diaryl/α,β-unsaturated/α-hetero) is 1. The molecule has 1 aromatic carbocycles. The van der Waals surface area contributed by atoms with Crippen molar-refractivity contribution in [2.75, 3.05) is 19.0 Å². The quantitative estimate of drug-likeness (QED) is 0.353. The van der Waals surface area contributed by atoms with Gasteiger partial charge in [-0.3, -0.25) is 9.59 Å². The fraction of sp³-hybridized carbons (Fsp3) is 0.222. The lowest BCUT2D eigenvalue weighted by Crippen LogP contribution is -2.28. The molecular weight excluding hydrogens is 476 g/mol. The highest BCUT2D eigenvalue weighted by atomic mass is 35.5. The maximum Gasteiger partial charge on any atom is 0.253 e. The van der Waals surface area contributed by atoms with E-state index in [2.05, 4.69) is 26.2 Å². The van der Waals surface area contributed by atoms with Crippen molar-refractivity contribution < 1.29 is 9.59 Å². The van der Waals surface area contributed by atoms with Gasteiger partial charge in [0.25, 0.3) is 5.91 Å². The summed E-state index contributed by atoms with van der Waals surface area (Å²) >= 11 is 5.59. The molecule has 4 aromatic heterocycles. The van der Waals surface area contributed by atoms with E-state index >= 15 is 0 Å². The summed E-state index contributed by atoms with van der Waals surface area (Å²) in [6.07, 6.45) is 6.50. The zero-order chi connectivity index (χ0) is 24.6. The van der Waals surface area contributed by atoms with Gasteiger partial charge in [-0.2, -0.15) is 14.8 Å². The van der Waals surface area contributed by atoms with Gasteiger partial charge in [0.15, 0.2) is 5.78 Å². The number of hydrogen-bond donors (Lipinski definition) is 1. The van der Waals surface area contributed by atoms with Gasteiger partial charge < -0.3 is 9.88 Å². The standard InChI is InChI=1S/C27H23ClN6O2/c28-14-20(35)12-17-3-5-18(6-4-17)27(36)33-11-8-19(16-33)24-13-22-21(7-10-29-26(22)32-24)23-15-31-34-25(23)2-1-9-30-34/h1-7,9-10,13,15,19H,8,11-12,14,16H2,(H,29,32). The number of benzene rings is 1. The topological polar surface area (TPSA) is 96.2 Å². The van der Waals surface area contributed by atoms with E-state index in [1.165, 1.54) is 0 Å². The minimum atomic E-state index is -0.0349. The van der Waals surface area contributed by atoms with E-state index in [4.69, 9.17) is 11.6 Å². The van der Waals surface area contributed by atoms with Crippen LogP contribution >= 0.6 is 11.6 Å². The summed E-state index contributed by atoms with van der Waals surface area (Å²) in [6.45, 7) is 1.32. The van der Waals surface area contributed by atoms with Crippen LogP contribution < -0.4 is 0 Å². The molecule has 1 N–H and O–H groups in total. The Balaban J connectivity index is 1.22. The second-order valence-corrected chi connectivity index (χ2v) is 9.35. The van der Waals surface area contributed by atoms with Crippen LogP contribution in [0.1, 0.15) is 34.0 Å². The van der Waals surface area contributed by atoms with Crippen LogP contribution in [0.25, 0.3) is 27.7 Å². The predicted octanol–water partition coefficient (Wildman–Crippen LogP) is 4.25. The number of H-pyrrole nitrogens is 1. The first kappa shape index (κ1) is 22.4. The normalized spacial score (nSPS) is 15.7. The average Bonchev–Trinajstić information content (AvgIpc) is 3.66. The van der Waals surface area contributed by atoms with Gasteiger partial charge in [0.05, 0.1) is 17.6 Å². The molecule has 1 aliphatic heterocycles. The van der Waals surface area contributed by atoms with Gasteiger partial charge in [-0.15, -0.1) is 11.6 Å². The Bertz CT molecular complexity index is 1590. The molecule has 8 nitrogen and oxygen atoms in total. The van der Waals surface area contributed by atoms with Crippen molar-refractivity contribution in [3.05, 3.63) is 83.9 Å². The number of nitrogens with one attached hydrogen (secondary N) is 1. The zero-order valence-electron chi connectivity index (χ0n) is 19.4. The van der Waals surface area contributed by atoms with E-state index in [9.17, 15) is 9.59 Å². The van der Waals surface area contributed by atoms with E-state index in [1.807, 2.05) is 41.4 Å². The van der Waals surface area contributed by atoms with Crippen LogP contribution in [0.5, 0.6) is 0 Å². The van der Waals surface area contributed by atoms with Crippen LogP contribution in [0.4, 0.5) is 0 Å². The van der Waals surface area contributed by atoms with Gasteiger partial charge in [0.1, 0.15) is 5.65 Å². The Labute approximate surface area is 211 Å². The molecule has 180 valence electrons. The summed E-state index contributed by atoms with van der Waals surface area (Å²) in [5.41, 5.74) is 6.36. The molecule has 1 unspecified atom stereocenters. The van der Waals surface area contributed by atoms with Crippen molar-refractivity contribution in [2.45, 2.75) is 18.8 Å². The van der Waals surface area contributed by atoms with Gasteiger partial charge in [-0.05, 0) is 53.9 Å². The largest absolute Gasteiger partial charge is 0.343 e. The van der Waals surface area contributed by atoms with Gasteiger partial charge >= 0.3 is 0 Å². The highest BCUT2D eigenvalue weighted by Crippen LogP contribution is 2.34. The summed E-state index contributed by atoms with van der Waals surface area (Å²) in [4.78, 5) is 34.6. The number of halogens is 1. The maximum absolute atomic E-state index is 13.1. The Kier molecular flexibility index (Phi) is 5.73. The Morgan fingerprint density at radius 1 is 1.06 bits per heavy atom. The van der Waals surface area contributed by atoms with Gasteiger partial charge in [0, 0.05) is 60.0 Å². The van der Waals surface area contributed by atoms with Crippen LogP contribution in [0.2, 0.25) is 0 Å². The number of aromatic amines is 1. The first-order chi connectivity index (χ1) is 17.6. The molecular formula is C27H23ClN6O2. The SMILES string of the molecule is O=C(CCl)Cc1ccc(C(=O)N2CCC(c3cc4c(-c5cnn6ncccc56)ccnc4[nH]3)C2)cc1. The van der Waals surface area contributed by atoms with Crippen LogP contribution in [-0.2, 0) is 11.2 Å². The molecule has 5 aromatic rings. The number of alkyl halides is 1. The monoisotopic (exact) mass is 498 g/mol. The van der Waals surface area contributed by atoms with Crippen molar-refractivity contribution in [2.24, 2.45) is 0 Å². The number of nitrogens with zero attached hydrogens (tertiary/aromatic N) is 5. The fourth-order valence-corrected chi connectivity index (χ4v) is 5.06. The van der Waals surface area contributed by atoms with Gasteiger partial charge in [-0.25, -0.2) is 4.98 Å². The minimum absolute atomic E-state index is 0.00139. The molecule has 0 bridgehead atoms. The number of carbonyl (C=O) groups excluding carboxylic acids is 2. The van der Waals surface area contributed by atoms with E-state index in [0.717, 1.165) is 45.4 Å². The van der Waals surface area contributed by atoms with Crippen LogP contribution in [0.15, 0.2) is 67.1 Å². The lowest BCUT2D eigenvalue weighted by molar-refractivity contribution is -0.116. The second kappa shape index (κ2) is 9.20. The van der Waals surface area contributed by atoms with Crippen molar-refractivity contribution in [1.29, 1.82) is 0 Å². The molecule has 6 rings (SSSR count). The molecule has 1 amide bonds. The van der Waals surface area contributed by atoms with Crippen molar-refractivity contribution in [3.63, 3.8) is 0 Å². The van der Waals surface area contributed by atoms with E-state index in [0.29, 0.717) is 18.7 Å². The van der Waals surface area contributed by atoms with E-state index < -0.39 is 0 Å². The zero-order valence-corrected chi connectivity index (χ0v) is 20.2. The Morgan fingerprint density at radius 2 is 1.92 bits per heavy atom. The molecule has 1 aliphatic rings. The maximum atomic E-state index is 13.1. The summed E-state index contributed by atoms with van der Waals surface area (Å²) in [5, 5.41) is 9.67. The lowest BCUT2D eigenvalue weighted by atomic mass is 10.0. The van der Waals surface area contributed by atoms with Crippen LogP contribution in [-0.4, -0.2) is 60.4 Å².